The molecule has 0 aliphatic rings. The summed E-state index contributed by atoms with van der Waals surface area (Å²) in [6.07, 6.45) is 0. The molecule has 0 bridgehead atoms. The van der Waals surface area contributed by atoms with Gasteiger partial charge in [0.25, 0.3) is 0 Å². The molecule has 4 nitrogen and oxygen atoms in total. The molecule has 2 heterocycles. The van der Waals surface area contributed by atoms with Gasteiger partial charge in [-0.15, -0.1) is 11.3 Å². The number of pyridine rings is 1. The molecule has 1 N–H and O–H groups in total. The Morgan fingerprint density at radius 3 is 2.79 bits per heavy atom. The van der Waals surface area contributed by atoms with E-state index in [4.69, 9.17) is 0 Å². The van der Waals surface area contributed by atoms with Crippen molar-refractivity contribution in [2.24, 2.45) is 0 Å². The van der Waals surface area contributed by atoms with Crippen molar-refractivity contribution in [3.05, 3.63) is 58.3 Å². The molecule has 0 fully saturated rings. The Labute approximate surface area is 148 Å². The largest absolute Gasteiger partial charge is 0.351 e. The Bertz CT molecular complexity index is 889. The molecule has 2 aromatic heterocycles. The Morgan fingerprint density at radius 1 is 1.12 bits per heavy atom. The first-order chi connectivity index (χ1) is 11.6. The number of carbonyl (C=O) groups is 2. The van der Waals surface area contributed by atoms with E-state index in [0.717, 1.165) is 20.8 Å². The molecule has 0 saturated carbocycles. The highest BCUT2D eigenvalue weighted by atomic mass is 32.2. The SMILES string of the molecule is CC(=O)NCc1ccc(C(=O)CSc2ccc3ccccc3n2)s1. The predicted octanol–water partition coefficient (Wildman–Crippen LogP) is 3.91. The summed E-state index contributed by atoms with van der Waals surface area (Å²) in [7, 11) is 0. The maximum Gasteiger partial charge on any atom is 0.217 e. The molecule has 0 aliphatic carbocycles. The first-order valence-corrected chi connectivity index (χ1v) is 9.27. The van der Waals surface area contributed by atoms with Gasteiger partial charge in [0.05, 0.1) is 27.7 Å². The summed E-state index contributed by atoms with van der Waals surface area (Å²) in [6.45, 7) is 1.94. The second kappa shape index (κ2) is 7.59. The zero-order valence-corrected chi connectivity index (χ0v) is 14.7. The number of nitrogens with zero attached hydrogens (tertiary/aromatic N) is 1. The standard InChI is InChI=1S/C18H16N2O2S2/c1-12(21)19-10-14-7-8-17(24-14)16(22)11-23-18-9-6-13-4-2-3-5-15(13)20-18/h2-9H,10-11H2,1H3,(H,19,21). The van der Waals surface area contributed by atoms with E-state index in [9.17, 15) is 9.59 Å². The second-order valence-corrected chi connectivity index (χ2v) is 7.39. The number of hydrogen-bond donors (Lipinski definition) is 1. The number of thiophene rings is 1. The van der Waals surface area contributed by atoms with Crippen LogP contribution in [0.1, 0.15) is 21.5 Å². The third-order valence-corrected chi connectivity index (χ3v) is 5.43. The highest BCUT2D eigenvalue weighted by molar-refractivity contribution is 8.00. The van der Waals surface area contributed by atoms with Crippen molar-refractivity contribution in [1.82, 2.24) is 10.3 Å². The first-order valence-electron chi connectivity index (χ1n) is 7.47. The predicted molar refractivity (Wildman–Crippen MR) is 98.6 cm³/mol. The number of thioether (sulfide) groups is 1. The number of rotatable bonds is 6. The number of ketones is 1. The van der Waals surface area contributed by atoms with Crippen LogP contribution >= 0.6 is 23.1 Å². The number of hydrogen-bond acceptors (Lipinski definition) is 5. The molecule has 0 spiro atoms. The highest BCUT2D eigenvalue weighted by Gasteiger charge is 2.11. The van der Waals surface area contributed by atoms with Gasteiger partial charge in [-0.2, -0.15) is 0 Å². The number of amides is 1. The number of nitrogens with one attached hydrogen (secondary N) is 1. The first kappa shape index (κ1) is 16.7. The molecular formula is C18H16N2O2S2. The molecule has 0 atom stereocenters. The van der Waals surface area contributed by atoms with Crippen LogP contribution in [-0.2, 0) is 11.3 Å². The molecule has 1 amide bonds. The van der Waals surface area contributed by atoms with Crippen LogP contribution in [0, 0.1) is 0 Å². The van der Waals surface area contributed by atoms with Crippen LogP contribution in [0.15, 0.2) is 53.6 Å². The monoisotopic (exact) mass is 356 g/mol. The third kappa shape index (κ3) is 4.21. The van der Waals surface area contributed by atoms with E-state index in [2.05, 4.69) is 10.3 Å². The van der Waals surface area contributed by atoms with E-state index in [1.165, 1.54) is 30.0 Å². The lowest BCUT2D eigenvalue weighted by molar-refractivity contribution is -0.119. The van der Waals surface area contributed by atoms with E-state index in [-0.39, 0.29) is 11.7 Å². The maximum atomic E-state index is 12.3. The van der Waals surface area contributed by atoms with Crippen LogP contribution in [0.5, 0.6) is 0 Å². The van der Waals surface area contributed by atoms with Crippen molar-refractivity contribution < 1.29 is 9.59 Å². The van der Waals surface area contributed by atoms with Gasteiger partial charge in [-0.25, -0.2) is 4.98 Å². The van der Waals surface area contributed by atoms with Gasteiger partial charge in [-0.1, -0.05) is 36.0 Å². The van der Waals surface area contributed by atoms with Gasteiger partial charge in [-0.05, 0) is 24.3 Å². The number of para-hydroxylation sites is 1. The van der Waals surface area contributed by atoms with Crippen molar-refractivity contribution >= 4 is 45.7 Å². The average Bonchev–Trinajstić information content (AvgIpc) is 3.07. The van der Waals surface area contributed by atoms with Gasteiger partial charge in [0.1, 0.15) is 0 Å². The fraction of sp³-hybridized carbons (Fsp3) is 0.167. The minimum absolute atomic E-state index is 0.0748. The summed E-state index contributed by atoms with van der Waals surface area (Å²) in [6, 6.07) is 15.6. The molecular weight excluding hydrogens is 340 g/mol. The van der Waals surface area contributed by atoms with Gasteiger partial charge >= 0.3 is 0 Å². The Morgan fingerprint density at radius 2 is 1.96 bits per heavy atom. The van der Waals surface area contributed by atoms with Crippen LogP contribution in [-0.4, -0.2) is 22.4 Å². The van der Waals surface area contributed by atoms with Crippen LogP contribution in [0.25, 0.3) is 10.9 Å². The van der Waals surface area contributed by atoms with Crippen LogP contribution in [0.2, 0.25) is 0 Å². The molecule has 122 valence electrons. The normalized spacial score (nSPS) is 10.7. The smallest absolute Gasteiger partial charge is 0.217 e. The summed E-state index contributed by atoms with van der Waals surface area (Å²) >= 11 is 2.86. The fourth-order valence-electron chi connectivity index (χ4n) is 2.17. The lowest BCUT2D eigenvalue weighted by Gasteiger charge is -2.02. The minimum Gasteiger partial charge on any atom is -0.351 e. The quantitative estimate of drug-likeness (QED) is 0.537. The highest BCUT2D eigenvalue weighted by Crippen LogP contribution is 2.23. The van der Waals surface area contributed by atoms with Crippen LogP contribution in [0.3, 0.4) is 0 Å². The number of carbonyl (C=O) groups excluding carboxylic acids is 2. The Hall–Kier alpha value is -2.18. The Balaban J connectivity index is 1.61. The summed E-state index contributed by atoms with van der Waals surface area (Å²) in [5, 5.41) is 4.67. The third-order valence-electron chi connectivity index (χ3n) is 3.37. The van der Waals surface area contributed by atoms with E-state index >= 15 is 0 Å². The average molecular weight is 356 g/mol. The number of fused-ring (bicyclic) bond motifs is 1. The molecule has 0 radical (unpaired) electrons. The van der Waals surface area contributed by atoms with Gasteiger partial charge in [0.15, 0.2) is 5.78 Å². The number of benzene rings is 1. The number of Topliss-reactive ketones (excluding diaryl/α,β-unsaturated/α-hetero) is 1. The second-order valence-electron chi connectivity index (χ2n) is 5.23. The maximum absolute atomic E-state index is 12.3. The fourth-order valence-corrected chi connectivity index (χ4v) is 3.91. The van der Waals surface area contributed by atoms with Crippen molar-refractivity contribution in [2.45, 2.75) is 18.5 Å². The lowest BCUT2D eigenvalue weighted by atomic mass is 10.2. The molecule has 3 aromatic rings. The molecule has 1 aromatic carbocycles. The molecule has 0 aliphatic heterocycles. The van der Waals surface area contributed by atoms with Crippen molar-refractivity contribution in [3.63, 3.8) is 0 Å². The van der Waals surface area contributed by atoms with Gasteiger partial charge in [-0.3, -0.25) is 9.59 Å². The summed E-state index contributed by atoms with van der Waals surface area (Å²) < 4.78 is 0. The van der Waals surface area contributed by atoms with E-state index in [1.54, 1.807) is 0 Å². The number of aromatic nitrogens is 1. The summed E-state index contributed by atoms with van der Waals surface area (Å²) in [5.74, 6) is 0.356. The molecule has 24 heavy (non-hydrogen) atoms. The van der Waals surface area contributed by atoms with Gasteiger partial charge in [0, 0.05) is 17.2 Å². The van der Waals surface area contributed by atoms with Crippen LogP contribution in [0.4, 0.5) is 0 Å². The van der Waals surface area contributed by atoms with Crippen molar-refractivity contribution in [3.8, 4) is 0 Å². The lowest BCUT2D eigenvalue weighted by Crippen LogP contribution is -2.18. The molecule has 3 rings (SSSR count). The van der Waals surface area contributed by atoms with Crippen LogP contribution < -0.4 is 5.32 Å². The minimum atomic E-state index is -0.0748. The van der Waals surface area contributed by atoms with Crippen molar-refractivity contribution in [2.75, 3.05) is 5.75 Å². The van der Waals surface area contributed by atoms with E-state index in [1.807, 2.05) is 48.5 Å². The van der Waals surface area contributed by atoms with Crippen molar-refractivity contribution in [1.29, 1.82) is 0 Å². The topological polar surface area (TPSA) is 59.1 Å². The van der Waals surface area contributed by atoms with Gasteiger partial charge < -0.3 is 5.32 Å². The zero-order valence-electron chi connectivity index (χ0n) is 13.1. The Kier molecular flexibility index (Phi) is 5.27. The molecule has 0 saturated heterocycles. The summed E-state index contributed by atoms with van der Waals surface area (Å²) in [5.41, 5.74) is 0.934. The molecule has 0 unspecified atom stereocenters. The van der Waals surface area contributed by atoms with Gasteiger partial charge in [0.2, 0.25) is 5.91 Å². The summed E-state index contributed by atoms with van der Waals surface area (Å²) in [4.78, 5) is 29.5. The molecule has 6 heteroatoms. The van der Waals surface area contributed by atoms with E-state index in [0.29, 0.717) is 17.2 Å². The zero-order chi connectivity index (χ0) is 16.9. The van der Waals surface area contributed by atoms with E-state index < -0.39 is 0 Å².